The number of para-hydroxylation sites is 1. The Kier molecular flexibility index (Phi) is 8.47. The lowest BCUT2D eigenvalue weighted by molar-refractivity contribution is -0.157. The summed E-state index contributed by atoms with van der Waals surface area (Å²) < 4.78 is 14.3. The first-order chi connectivity index (χ1) is 22.1. The van der Waals surface area contributed by atoms with Crippen LogP contribution in [0.25, 0.3) is 10.2 Å². The number of nitrogen functional groups attached to an aromatic ring is 1. The van der Waals surface area contributed by atoms with Gasteiger partial charge in [-0.3, -0.25) is 14.6 Å². The Hall–Kier alpha value is -5.21. The molecule has 0 bridgehead atoms. The van der Waals surface area contributed by atoms with Crippen LogP contribution in [0.5, 0.6) is 11.5 Å². The number of hydrogen-bond acceptors (Lipinski definition) is 9. The summed E-state index contributed by atoms with van der Waals surface area (Å²) in [4.78, 5) is 49.0. The summed E-state index contributed by atoms with van der Waals surface area (Å²) in [5, 5.41) is 26.2. The average Bonchev–Trinajstić information content (AvgIpc) is 3.58. The quantitative estimate of drug-likeness (QED) is 0.160. The van der Waals surface area contributed by atoms with E-state index in [1.54, 1.807) is 34.2 Å². The number of nitrogens with zero attached hydrogens (tertiary/aromatic N) is 5. The molecule has 1 aromatic heterocycles. The van der Waals surface area contributed by atoms with Crippen LogP contribution in [0.3, 0.4) is 0 Å². The van der Waals surface area contributed by atoms with Gasteiger partial charge in [0.05, 0.1) is 29.9 Å². The van der Waals surface area contributed by atoms with Gasteiger partial charge in [-0.25, -0.2) is 14.2 Å². The second-order valence-electron chi connectivity index (χ2n) is 11.1. The first kappa shape index (κ1) is 30.8. The van der Waals surface area contributed by atoms with Crippen molar-refractivity contribution >= 4 is 44.5 Å². The number of aromatic nitrogens is 1. The number of nitrogens with two attached hydrogens (primary N) is 1. The van der Waals surface area contributed by atoms with E-state index in [0.29, 0.717) is 21.8 Å². The van der Waals surface area contributed by atoms with E-state index in [4.69, 9.17) is 5.73 Å². The SMILES string of the molecule is C=CCN(C(=O)NCc1ccc(F)cc1)N1CC(=O)N2[C@@H](Cc3ccc(O)c(O)c3)C(=O)N(Cc3cccc4sc(N)nc34)C[C@@H]21. The third kappa shape index (κ3) is 6.04. The van der Waals surface area contributed by atoms with Gasteiger partial charge in [0.25, 0.3) is 0 Å². The van der Waals surface area contributed by atoms with Crippen LogP contribution in [0, 0.1) is 5.82 Å². The summed E-state index contributed by atoms with van der Waals surface area (Å²) in [6.45, 7) is 4.10. The Morgan fingerprint density at radius 2 is 1.89 bits per heavy atom. The van der Waals surface area contributed by atoms with Crippen molar-refractivity contribution in [2.45, 2.75) is 31.7 Å². The van der Waals surface area contributed by atoms with Crippen LogP contribution in [0.15, 0.2) is 73.3 Å². The minimum absolute atomic E-state index is 0.0608. The maximum absolute atomic E-state index is 14.2. The molecule has 4 amide bonds. The largest absolute Gasteiger partial charge is 0.504 e. The molecule has 3 heterocycles. The molecule has 2 saturated heterocycles. The number of carbonyl (C=O) groups excluding carboxylic acids is 3. The molecule has 46 heavy (non-hydrogen) atoms. The summed E-state index contributed by atoms with van der Waals surface area (Å²) >= 11 is 1.35. The van der Waals surface area contributed by atoms with E-state index in [1.807, 2.05) is 18.2 Å². The van der Waals surface area contributed by atoms with Gasteiger partial charge in [-0.1, -0.05) is 47.7 Å². The van der Waals surface area contributed by atoms with E-state index in [9.17, 15) is 29.0 Å². The summed E-state index contributed by atoms with van der Waals surface area (Å²) in [7, 11) is 0. The fourth-order valence-corrected chi connectivity index (χ4v) is 6.75. The van der Waals surface area contributed by atoms with Crippen LogP contribution in [-0.4, -0.2) is 84.7 Å². The third-order valence-electron chi connectivity index (χ3n) is 8.12. The molecule has 2 fully saturated rings. The summed E-state index contributed by atoms with van der Waals surface area (Å²) in [6.07, 6.45) is 0.892. The zero-order valence-corrected chi connectivity index (χ0v) is 25.5. The third-order valence-corrected chi connectivity index (χ3v) is 8.97. The second-order valence-corrected chi connectivity index (χ2v) is 12.2. The fourth-order valence-electron chi connectivity index (χ4n) is 5.96. The number of piperazine rings is 1. The van der Waals surface area contributed by atoms with Crippen molar-refractivity contribution in [3.63, 3.8) is 0 Å². The number of urea groups is 1. The number of halogens is 1. The second kappa shape index (κ2) is 12.7. The predicted molar refractivity (Wildman–Crippen MR) is 170 cm³/mol. The highest BCUT2D eigenvalue weighted by atomic mass is 32.1. The van der Waals surface area contributed by atoms with Gasteiger partial charge in [0.1, 0.15) is 18.0 Å². The summed E-state index contributed by atoms with van der Waals surface area (Å²) in [6, 6.07) is 14.2. The molecule has 2 aliphatic heterocycles. The number of phenols is 2. The van der Waals surface area contributed by atoms with Crippen molar-refractivity contribution in [3.05, 3.63) is 95.8 Å². The first-order valence-electron chi connectivity index (χ1n) is 14.5. The minimum Gasteiger partial charge on any atom is -0.504 e. The molecule has 4 aromatic rings. The molecule has 5 N–H and O–H groups in total. The number of anilines is 1. The molecule has 0 aliphatic carbocycles. The minimum atomic E-state index is -0.965. The molecule has 0 saturated carbocycles. The molecule has 2 aliphatic rings. The summed E-state index contributed by atoms with van der Waals surface area (Å²) in [5.41, 5.74) is 8.68. The van der Waals surface area contributed by atoms with E-state index in [-0.39, 0.29) is 68.3 Å². The molecular formula is C32H32FN7O5S. The van der Waals surface area contributed by atoms with E-state index in [1.165, 1.54) is 45.5 Å². The zero-order valence-electron chi connectivity index (χ0n) is 24.7. The Balaban J connectivity index is 1.32. The molecule has 3 aromatic carbocycles. The van der Waals surface area contributed by atoms with Gasteiger partial charge in [0, 0.05) is 19.5 Å². The van der Waals surface area contributed by atoms with Gasteiger partial charge >= 0.3 is 6.03 Å². The van der Waals surface area contributed by atoms with Gasteiger partial charge in [-0.2, -0.15) is 5.01 Å². The first-order valence-corrected chi connectivity index (χ1v) is 15.4. The lowest BCUT2D eigenvalue weighted by Crippen LogP contribution is -2.66. The summed E-state index contributed by atoms with van der Waals surface area (Å²) in [5.74, 6) is -1.69. The van der Waals surface area contributed by atoms with Gasteiger partial charge < -0.3 is 31.1 Å². The maximum atomic E-state index is 14.2. The number of benzene rings is 3. The molecule has 0 radical (unpaired) electrons. The van der Waals surface area contributed by atoms with Crippen molar-refractivity contribution in [2.75, 3.05) is 25.4 Å². The van der Waals surface area contributed by atoms with Crippen LogP contribution in [0.1, 0.15) is 16.7 Å². The Bertz CT molecular complexity index is 1820. The number of rotatable bonds is 9. The van der Waals surface area contributed by atoms with Crippen molar-refractivity contribution < 1.29 is 29.0 Å². The number of phenolic OH excluding ortho intramolecular Hbond substituents is 2. The number of thiazole rings is 1. The van der Waals surface area contributed by atoms with Crippen LogP contribution in [-0.2, 0) is 29.1 Å². The number of fused-ring (bicyclic) bond motifs is 2. The number of nitrogens with one attached hydrogen (secondary N) is 1. The fraction of sp³-hybridized carbons (Fsp3) is 0.250. The Morgan fingerprint density at radius 3 is 2.63 bits per heavy atom. The lowest BCUT2D eigenvalue weighted by atomic mass is 9.99. The molecule has 238 valence electrons. The van der Waals surface area contributed by atoms with Crippen LogP contribution in [0.4, 0.5) is 14.3 Å². The Morgan fingerprint density at radius 1 is 1.13 bits per heavy atom. The highest BCUT2D eigenvalue weighted by molar-refractivity contribution is 7.22. The Labute approximate surface area is 267 Å². The number of amides is 4. The highest BCUT2D eigenvalue weighted by Gasteiger charge is 2.52. The van der Waals surface area contributed by atoms with Crippen LogP contribution < -0.4 is 11.1 Å². The number of carbonyl (C=O) groups is 3. The van der Waals surface area contributed by atoms with E-state index in [2.05, 4.69) is 16.9 Å². The van der Waals surface area contributed by atoms with Crippen molar-refractivity contribution in [2.24, 2.45) is 0 Å². The van der Waals surface area contributed by atoms with E-state index < -0.39 is 18.2 Å². The van der Waals surface area contributed by atoms with Crippen molar-refractivity contribution in [1.82, 2.24) is 30.1 Å². The van der Waals surface area contributed by atoms with E-state index in [0.717, 1.165) is 10.3 Å². The molecule has 2 atom stereocenters. The molecule has 6 rings (SSSR count). The van der Waals surface area contributed by atoms with Gasteiger partial charge in [-0.05, 0) is 47.0 Å². The van der Waals surface area contributed by atoms with Crippen LogP contribution in [0.2, 0.25) is 0 Å². The molecular weight excluding hydrogens is 613 g/mol. The van der Waals surface area contributed by atoms with Gasteiger partial charge in [0.15, 0.2) is 16.6 Å². The topological polar surface area (TPSA) is 156 Å². The molecule has 0 unspecified atom stereocenters. The van der Waals surface area contributed by atoms with Gasteiger partial charge in [-0.15, -0.1) is 6.58 Å². The van der Waals surface area contributed by atoms with E-state index >= 15 is 0 Å². The smallest absolute Gasteiger partial charge is 0.332 e. The standard InChI is InChI=1S/C32H32FN7O5S/c1-2-12-38(32(45)35-15-19-6-9-22(33)10-7-19)39-18-28(43)40-23(13-20-8-11-24(41)25(42)14-20)30(44)37(17-27(39)40)16-21-4-3-5-26-29(21)36-31(34)46-26/h2-11,14,23,27,41-42H,1,12-13,15-18H2,(H2,34,36)(H,35,45)/t23-,27+/m0/s1. The predicted octanol–water partition coefficient (Wildman–Crippen LogP) is 3.17. The molecule has 14 heteroatoms. The van der Waals surface area contributed by atoms with Crippen molar-refractivity contribution in [1.29, 1.82) is 0 Å². The maximum Gasteiger partial charge on any atom is 0.332 e. The highest BCUT2D eigenvalue weighted by Crippen LogP contribution is 2.33. The zero-order chi connectivity index (χ0) is 32.5. The van der Waals surface area contributed by atoms with Crippen molar-refractivity contribution in [3.8, 4) is 11.5 Å². The molecule has 0 spiro atoms. The van der Waals surface area contributed by atoms with Gasteiger partial charge in [0.2, 0.25) is 11.8 Å². The molecule has 12 nitrogen and oxygen atoms in total. The van der Waals surface area contributed by atoms with Crippen LogP contribution >= 0.6 is 11.3 Å². The number of hydrogen-bond donors (Lipinski definition) is 4. The average molecular weight is 646 g/mol. The monoisotopic (exact) mass is 645 g/mol. The normalized spacial score (nSPS) is 18.2. The number of aromatic hydroxyl groups is 2. The lowest BCUT2D eigenvalue weighted by Gasteiger charge is -2.46. The number of hydrazine groups is 1.